The van der Waals surface area contributed by atoms with Gasteiger partial charge in [-0.05, 0) is 30.7 Å². The molecule has 3 rings (SSSR count). The van der Waals surface area contributed by atoms with Crippen molar-refractivity contribution in [3.8, 4) is 0 Å². The summed E-state index contributed by atoms with van der Waals surface area (Å²) in [5.74, 6) is 0.690. The molecule has 0 fully saturated rings. The van der Waals surface area contributed by atoms with Gasteiger partial charge in [0.05, 0.1) is 6.54 Å². The average molecular weight is 324 g/mol. The minimum Gasteiger partial charge on any atom is -0.458 e. The number of aryl methyl sites for hydroxylation is 1. The van der Waals surface area contributed by atoms with Crippen LogP contribution >= 0.6 is 0 Å². The maximum atomic E-state index is 12.1. The SMILES string of the molecule is COC(CNC(=O)Nc1ccccc1C)c1cc2ccccc2o1. The zero-order valence-electron chi connectivity index (χ0n) is 13.7. The molecule has 0 saturated carbocycles. The third-order valence-electron chi connectivity index (χ3n) is 3.89. The number of benzene rings is 2. The van der Waals surface area contributed by atoms with E-state index >= 15 is 0 Å². The van der Waals surface area contributed by atoms with Crippen molar-refractivity contribution in [1.29, 1.82) is 0 Å². The summed E-state index contributed by atoms with van der Waals surface area (Å²) in [6.07, 6.45) is -0.347. The second-order valence-corrected chi connectivity index (χ2v) is 5.56. The van der Waals surface area contributed by atoms with Crippen LogP contribution in [0.5, 0.6) is 0 Å². The predicted octanol–water partition coefficient (Wildman–Crippen LogP) is 4.25. The lowest BCUT2D eigenvalue weighted by Crippen LogP contribution is -2.33. The zero-order valence-corrected chi connectivity index (χ0v) is 13.7. The number of ether oxygens (including phenoxy) is 1. The van der Waals surface area contributed by atoms with E-state index in [9.17, 15) is 4.79 Å². The molecule has 0 aliphatic rings. The summed E-state index contributed by atoms with van der Waals surface area (Å²) >= 11 is 0. The summed E-state index contributed by atoms with van der Waals surface area (Å²) in [7, 11) is 1.60. The quantitative estimate of drug-likeness (QED) is 0.737. The van der Waals surface area contributed by atoms with E-state index in [0.717, 1.165) is 22.2 Å². The zero-order chi connectivity index (χ0) is 16.9. The van der Waals surface area contributed by atoms with Crippen molar-refractivity contribution < 1.29 is 13.9 Å². The third kappa shape index (κ3) is 3.58. The number of urea groups is 1. The van der Waals surface area contributed by atoms with Crippen molar-refractivity contribution in [3.63, 3.8) is 0 Å². The van der Waals surface area contributed by atoms with E-state index in [0.29, 0.717) is 12.3 Å². The summed E-state index contributed by atoms with van der Waals surface area (Å²) in [5.41, 5.74) is 2.60. The first kappa shape index (κ1) is 16.1. The van der Waals surface area contributed by atoms with Crippen LogP contribution in [0.3, 0.4) is 0 Å². The maximum Gasteiger partial charge on any atom is 0.319 e. The van der Waals surface area contributed by atoms with Gasteiger partial charge in [0.2, 0.25) is 0 Å². The van der Waals surface area contributed by atoms with Gasteiger partial charge < -0.3 is 19.8 Å². The first-order valence-corrected chi connectivity index (χ1v) is 7.79. The monoisotopic (exact) mass is 324 g/mol. The molecule has 2 N–H and O–H groups in total. The molecule has 0 aliphatic heterocycles. The van der Waals surface area contributed by atoms with Crippen LogP contribution in [-0.4, -0.2) is 19.7 Å². The number of hydrogen-bond acceptors (Lipinski definition) is 3. The molecule has 0 radical (unpaired) electrons. The van der Waals surface area contributed by atoms with E-state index < -0.39 is 0 Å². The molecule has 5 heteroatoms. The number of furan rings is 1. The number of nitrogens with one attached hydrogen (secondary N) is 2. The lowest BCUT2D eigenvalue weighted by molar-refractivity contribution is 0.0870. The lowest BCUT2D eigenvalue weighted by atomic mass is 10.2. The van der Waals surface area contributed by atoms with E-state index in [1.54, 1.807) is 7.11 Å². The molecule has 1 heterocycles. The maximum absolute atomic E-state index is 12.1. The van der Waals surface area contributed by atoms with Gasteiger partial charge in [0.15, 0.2) is 0 Å². The Hall–Kier alpha value is -2.79. The third-order valence-corrected chi connectivity index (χ3v) is 3.89. The molecule has 0 spiro atoms. The standard InChI is InChI=1S/C19H20N2O3/c1-13-7-3-5-9-15(13)21-19(22)20-12-18(23-2)17-11-14-8-4-6-10-16(14)24-17/h3-11,18H,12H2,1-2H3,(H2,20,21,22). The summed E-state index contributed by atoms with van der Waals surface area (Å²) < 4.78 is 11.2. The highest BCUT2D eigenvalue weighted by molar-refractivity contribution is 5.90. The van der Waals surface area contributed by atoms with Crippen LogP contribution < -0.4 is 10.6 Å². The van der Waals surface area contributed by atoms with Crippen molar-refractivity contribution in [3.05, 3.63) is 65.9 Å². The highest BCUT2D eigenvalue weighted by Gasteiger charge is 2.17. The second kappa shape index (κ2) is 7.19. The van der Waals surface area contributed by atoms with Gasteiger partial charge in [0.25, 0.3) is 0 Å². The van der Waals surface area contributed by atoms with Crippen LogP contribution in [-0.2, 0) is 4.74 Å². The molecule has 1 atom stereocenters. The molecule has 2 amide bonds. The van der Waals surface area contributed by atoms with Gasteiger partial charge in [-0.2, -0.15) is 0 Å². The minimum atomic E-state index is -0.347. The van der Waals surface area contributed by atoms with Crippen molar-refractivity contribution in [2.75, 3.05) is 19.0 Å². The van der Waals surface area contributed by atoms with Crippen molar-refractivity contribution in [2.24, 2.45) is 0 Å². The van der Waals surface area contributed by atoms with Crippen LogP contribution in [0.2, 0.25) is 0 Å². The van der Waals surface area contributed by atoms with Crippen LogP contribution in [0.25, 0.3) is 11.0 Å². The van der Waals surface area contributed by atoms with E-state index in [2.05, 4.69) is 10.6 Å². The lowest BCUT2D eigenvalue weighted by Gasteiger charge is -2.15. The topological polar surface area (TPSA) is 63.5 Å². The summed E-state index contributed by atoms with van der Waals surface area (Å²) in [4.78, 5) is 12.1. The first-order chi connectivity index (χ1) is 11.7. The average Bonchev–Trinajstić information content (AvgIpc) is 3.01. The fraction of sp³-hybridized carbons (Fsp3) is 0.211. The Morgan fingerprint density at radius 3 is 2.67 bits per heavy atom. The fourth-order valence-corrected chi connectivity index (χ4v) is 2.53. The van der Waals surface area contributed by atoms with Crippen molar-refractivity contribution >= 4 is 22.7 Å². The minimum absolute atomic E-state index is 0.275. The molecule has 1 unspecified atom stereocenters. The molecular formula is C19H20N2O3. The van der Waals surface area contributed by atoms with Gasteiger partial charge >= 0.3 is 6.03 Å². The predicted molar refractivity (Wildman–Crippen MR) is 94.2 cm³/mol. The Kier molecular flexibility index (Phi) is 4.82. The molecule has 124 valence electrons. The Morgan fingerprint density at radius 1 is 1.17 bits per heavy atom. The number of para-hydroxylation sites is 2. The Morgan fingerprint density at radius 2 is 1.92 bits per heavy atom. The number of carbonyl (C=O) groups is 1. The summed E-state index contributed by atoms with van der Waals surface area (Å²) in [6, 6.07) is 17.0. The first-order valence-electron chi connectivity index (χ1n) is 7.79. The van der Waals surface area contributed by atoms with Crippen molar-refractivity contribution in [2.45, 2.75) is 13.0 Å². The molecular weight excluding hydrogens is 304 g/mol. The number of methoxy groups -OCH3 is 1. The van der Waals surface area contributed by atoms with Gasteiger partial charge in [-0.25, -0.2) is 4.79 Å². The van der Waals surface area contributed by atoms with E-state index in [4.69, 9.17) is 9.15 Å². The van der Waals surface area contributed by atoms with Crippen LogP contribution in [0.15, 0.2) is 59.0 Å². The second-order valence-electron chi connectivity index (χ2n) is 5.56. The molecule has 5 nitrogen and oxygen atoms in total. The van der Waals surface area contributed by atoms with Crippen LogP contribution in [0.4, 0.5) is 10.5 Å². The van der Waals surface area contributed by atoms with E-state index in [-0.39, 0.29) is 12.1 Å². The highest BCUT2D eigenvalue weighted by Crippen LogP contribution is 2.25. The van der Waals surface area contributed by atoms with Crippen LogP contribution in [0.1, 0.15) is 17.4 Å². The number of fused-ring (bicyclic) bond motifs is 1. The van der Waals surface area contributed by atoms with Crippen molar-refractivity contribution in [1.82, 2.24) is 5.32 Å². The Bertz CT molecular complexity index is 808. The van der Waals surface area contributed by atoms with E-state index in [1.165, 1.54) is 0 Å². The Labute approximate surface area is 140 Å². The fourth-order valence-electron chi connectivity index (χ4n) is 2.53. The largest absolute Gasteiger partial charge is 0.458 e. The smallest absolute Gasteiger partial charge is 0.319 e. The summed E-state index contributed by atoms with van der Waals surface area (Å²) in [6.45, 7) is 2.26. The molecule has 24 heavy (non-hydrogen) atoms. The van der Waals surface area contributed by atoms with Crippen LogP contribution in [0, 0.1) is 6.92 Å². The van der Waals surface area contributed by atoms with Gasteiger partial charge in [-0.3, -0.25) is 0 Å². The number of hydrogen-bond donors (Lipinski definition) is 2. The normalized spacial score (nSPS) is 12.1. The number of anilines is 1. The van der Waals surface area contributed by atoms with E-state index in [1.807, 2.05) is 61.5 Å². The summed E-state index contributed by atoms with van der Waals surface area (Å²) in [5, 5.41) is 6.66. The number of rotatable bonds is 5. The number of amides is 2. The molecule has 3 aromatic rings. The number of carbonyl (C=O) groups excluding carboxylic acids is 1. The van der Waals surface area contributed by atoms with Gasteiger partial charge in [0.1, 0.15) is 17.4 Å². The molecule has 0 aliphatic carbocycles. The molecule has 2 aromatic carbocycles. The molecule has 0 bridgehead atoms. The van der Waals surface area contributed by atoms with Gasteiger partial charge in [-0.15, -0.1) is 0 Å². The Balaban J connectivity index is 1.63. The molecule has 0 saturated heterocycles. The highest BCUT2D eigenvalue weighted by atomic mass is 16.5. The van der Waals surface area contributed by atoms with Gasteiger partial charge in [-0.1, -0.05) is 36.4 Å². The molecule has 1 aromatic heterocycles. The van der Waals surface area contributed by atoms with Gasteiger partial charge in [0, 0.05) is 18.2 Å².